The van der Waals surface area contributed by atoms with Crippen LogP contribution in [-0.2, 0) is 16.1 Å². The van der Waals surface area contributed by atoms with Gasteiger partial charge in [-0.15, -0.1) is 0 Å². The fraction of sp³-hybridized carbons (Fsp3) is 0.533. The summed E-state index contributed by atoms with van der Waals surface area (Å²) >= 11 is 0. The molecule has 1 aromatic rings. The molecule has 2 fully saturated rings. The second-order valence-electron chi connectivity index (χ2n) is 5.35. The quantitative estimate of drug-likeness (QED) is 0.830. The highest BCUT2D eigenvalue weighted by Gasteiger charge is 2.40. The van der Waals surface area contributed by atoms with Crippen molar-refractivity contribution in [2.45, 2.75) is 44.4 Å². The van der Waals surface area contributed by atoms with E-state index < -0.39 is 0 Å². The van der Waals surface area contributed by atoms with Crippen molar-refractivity contribution in [2.24, 2.45) is 5.92 Å². The van der Waals surface area contributed by atoms with E-state index in [0.29, 0.717) is 18.6 Å². The Labute approximate surface area is 108 Å². The molecule has 96 valence electrons. The molecule has 1 heterocycles. The molecule has 0 aromatic heterocycles. The molecule has 3 atom stereocenters. The van der Waals surface area contributed by atoms with Gasteiger partial charge >= 0.3 is 5.97 Å². The van der Waals surface area contributed by atoms with E-state index >= 15 is 0 Å². The van der Waals surface area contributed by atoms with Crippen LogP contribution in [0.1, 0.15) is 31.2 Å². The van der Waals surface area contributed by atoms with Crippen molar-refractivity contribution in [3.63, 3.8) is 0 Å². The fourth-order valence-corrected chi connectivity index (χ4v) is 3.16. The van der Waals surface area contributed by atoms with Crippen molar-refractivity contribution in [2.75, 3.05) is 0 Å². The van der Waals surface area contributed by atoms with E-state index in [1.807, 2.05) is 30.3 Å². The Hall–Kier alpha value is -1.35. The summed E-state index contributed by atoms with van der Waals surface area (Å²) in [4.78, 5) is 12.0. The zero-order chi connectivity index (χ0) is 12.4. The standard InChI is InChI=1S/C15H19NO2/c17-15(18-10-11-5-2-1-3-6-11)14-9-12-7-4-8-13(12)16-14/h1-3,5-6,12-14,16H,4,7-10H2/t12-,13+,14+/m1/s1. The van der Waals surface area contributed by atoms with Gasteiger partial charge in [0.2, 0.25) is 0 Å². The van der Waals surface area contributed by atoms with Gasteiger partial charge in [0.15, 0.2) is 0 Å². The zero-order valence-electron chi connectivity index (χ0n) is 10.5. The van der Waals surface area contributed by atoms with Crippen LogP contribution in [0.4, 0.5) is 0 Å². The molecule has 0 unspecified atom stereocenters. The lowest BCUT2D eigenvalue weighted by molar-refractivity contribution is -0.147. The van der Waals surface area contributed by atoms with Crippen LogP contribution < -0.4 is 5.32 Å². The molecule has 1 saturated carbocycles. The maximum atomic E-state index is 12.0. The zero-order valence-corrected chi connectivity index (χ0v) is 10.5. The minimum absolute atomic E-state index is 0.0796. The molecular weight excluding hydrogens is 226 g/mol. The molecule has 1 aliphatic carbocycles. The lowest BCUT2D eigenvalue weighted by atomic mass is 10.0. The van der Waals surface area contributed by atoms with Crippen LogP contribution >= 0.6 is 0 Å². The van der Waals surface area contributed by atoms with Crippen molar-refractivity contribution in [1.82, 2.24) is 5.32 Å². The van der Waals surface area contributed by atoms with Gasteiger partial charge in [-0.1, -0.05) is 36.8 Å². The average Bonchev–Trinajstić information content (AvgIpc) is 2.98. The molecule has 0 radical (unpaired) electrons. The van der Waals surface area contributed by atoms with E-state index in [4.69, 9.17) is 4.74 Å². The van der Waals surface area contributed by atoms with Crippen molar-refractivity contribution >= 4 is 5.97 Å². The third-order valence-corrected chi connectivity index (χ3v) is 4.12. The van der Waals surface area contributed by atoms with E-state index in [-0.39, 0.29) is 12.0 Å². The van der Waals surface area contributed by atoms with E-state index in [0.717, 1.165) is 12.0 Å². The lowest BCUT2D eigenvalue weighted by Crippen LogP contribution is -2.36. The Morgan fingerprint density at radius 2 is 2.11 bits per heavy atom. The van der Waals surface area contributed by atoms with Crippen LogP contribution in [0.5, 0.6) is 0 Å². The Balaban J connectivity index is 1.50. The third kappa shape index (κ3) is 2.41. The number of carbonyl (C=O) groups is 1. The summed E-state index contributed by atoms with van der Waals surface area (Å²) < 4.78 is 5.38. The number of carbonyl (C=O) groups excluding carboxylic acids is 1. The van der Waals surface area contributed by atoms with E-state index in [2.05, 4.69) is 5.32 Å². The summed E-state index contributed by atoms with van der Waals surface area (Å²) in [5.74, 6) is 0.604. The summed E-state index contributed by atoms with van der Waals surface area (Å²) in [6.45, 7) is 0.382. The Bertz CT molecular complexity index is 406. The first-order chi connectivity index (χ1) is 8.83. The molecular formula is C15H19NO2. The van der Waals surface area contributed by atoms with Crippen LogP contribution in [0.3, 0.4) is 0 Å². The minimum Gasteiger partial charge on any atom is -0.460 e. The summed E-state index contributed by atoms with van der Waals surface area (Å²) in [6, 6.07) is 10.3. The van der Waals surface area contributed by atoms with Gasteiger partial charge in [0, 0.05) is 6.04 Å². The molecule has 18 heavy (non-hydrogen) atoms. The van der Waals surface area contributed by atoms with Crippen LogP contribution in [0, 0.1) is 5.92 Å². The molecule has 1 aliphatic heterocycles. The number of hydrogen-bond donors (Lipinski definition) is 1. The number of nitrogens with one attached hydrogen (secondary N) is 1. The monoisotopic (exact) mass is 245 g/mol. The van der Waals surface area contributed by atoms with Gasteiger partial charge in [-0.2, -0.15) is 0 Å². The van der Waals surface area contributed by atoms with Crippen LogP contribution in [0.2, 0.25) is 0 Å². The number of hydrogen-bond acceptors (Lipinski definition) is 3. The summed E-state index contributed by atoms with van der Waals surface area (Å²) in [7, 11) is 0. The Morgan fingerprint density at radius 3 is 2.89 bits per heavy atom. The second kappa shape index (κ2) is 5.11. The lowest BCUT2D eigenvalue weighted by Gasteiger charge is -2.12. The largest absolute Gasteiger partial charge is 0.460 e. The molecule has 0 bridgehead atoms. The van der Waals surface area contributed by atoms with Crippen molar-refractivity contribution in [3.8, 4) is 0 Å². The molecule has 1 aromatic carbocycles. The SMILES string of the molecule is O=C(OCc1ccccc1)[C@@H]1C[C@H]2CCC[C@@H]2N1. The number of rotatable bonds is 3. The van der Waals surface area contributed by atoms with Gasteiger partial charge in [0.1, 0.15) is 12.6 Å². The first-order valence-electron chi connectivity index (χ1n) is 6.79. The van der Waals surface area contributed by atoms with Crippen LogP contribution in [0.25, 0.3) is 0 Å². The number of esters is 1. The van der Waals surface area contributed by atoms with Gasteiger partial charge in [0.05, 0.1) is 0 Å². The normalized spacial score (nSPS) is 30.1. The summed E-state index contributed by atoms with van der Waals surface area (Å²) in [5.41, 5.74) is 1.05. The molecule has 3 heteroatoms. The van der Waals surface area contributed by atoms with Crippen molar-refractivity contribution in [1.29, 1.82) is 0 Å². The van der Waals surface area contributed by atoms with Crippen molar-refractivity contribution in [3.05, 3.63) is 35.9 Å². The highest BCUT2D eigenvalue weighted by molar-refractivity contribution is 5.76. The number of benzene rings is 1. The molecule has 3 rings (SSSR count). The van der Waals surface area contributed by atoms with Crippen LogP contribution in [-0.4, -0.2) is 18.1 Å². The average molecular weight is 245 g/mol. The highest BCUT2D eigenvalue weighted by Crippen LogP contribution is 2.34. The van der Waals surface area contributed by atoms with Gasteiger partial charge in [0.25, 0.3) is 0 Å². The number of ether oxygens (including phenoxy) is 1. The summed E-state index contributed by atoms with van der Waals surface area (Å²) in [5, 5.41) is 3.41. The van der Waals surface area contributed by atoms with E-state index in [1.54, 1.807) is 0 Å². The second-order valence-corrected chi connectivity index (χ2v) is 5.35. The van der Waals surface area contributed by atoms with Gasteiger partial charge in [-0.05, 0) is 30.7 Å². The maximum absolute atomic E-state index is 12.0. The summed E-state index contributed by atoms with van der Waals surface area (Å²) in [6.07, 6.45) is 4.74. The van der Waals surface area contributed by atoms with Gasteiger partial charge in [-0.3, -0.25) is 4.79 Å². The highest BCUT2D eigenvalue weighted by atomic mass is 16.5. The van der Waals surface area contributed by atoms with E-state index in [1.165, 1.54) is 19.3 Å². The Morgan fingerprint density at radius 1 is 1.28 bits per heavy atom. The van der Waals surface area contributed by atoms with E-state index in [9.17, 15) is 4.79 Å². The smallest absolute Gasteiger partial charge is 0.323 e. The topological polar surface area (TPSA) is 38.3 Å². The van der Waals surface area contributed by atoms with Crippen LogP contribution in [0.15, 0.2) is 30.3 Å². The molecule has 0 amide bonds. The molecule has 1 saturated heterocycles. The van der Waals surface area contributed by atoms with Gasteiger partial charge < -0.3 is 10.1 Å². The molecule has 3 nitrogen and oxygen atoms in total. The Kier molecular flexibility index (Phi) is 3.33. The maximum Gasteiger partial charge on any atom is 0.323 e. The first kappa shape index (κ1) is 11.7. The number of fused-ring (bicyclic) bond motifs is 1. The first-order valence-corrected chi connectivity index (χ1v) is 6.79. The predicted molar refractivity (Wildman–Crippen MR) is 68.9 cm³/mol. The third-order valence-electron chi connectivity index (χ3n) is 4.12. The van der Waals surface area contributed by atoms with Crippen molar-refractivity contribution < 1.29 is 9.53 Å². The predicted octanol–water partition coefficient (Wildman–Crippen LogP) is 2.26. The molecule has 1 N–H and O–H groups in total. The molecule has 0 spiro atoms. The van der Waals surface area contributed by atoms with Gasteiger partial charge in [-0.25, -0.2) is 0 Å². The minimum atomic E-state index is -0.0896. The fourth-order valence-electron chi connectivity index (χ4n) is 3.16. The molecule has 2 aliphatic rings.